The van der Waals surface area contributed by atoms with E-state index in [9.17, 15) is 18.7 Å². The van der Waals surface area contributed by atoms with Gasteiger partial charge in [0.05, 0.1) is 41.5 Å². The zero-order chi connectivity index (χ0) is 30.1. The van der Waals surface area contributed by atoms with Gasteiger partial charge in [0.15, 0.2) is 11.5 Å². The predicted octanol–water partition coefficient (Wildman–Crippen LogP) is 6.72. The van der Waals surface area contributed by atoms with Gasteiger partial charge < -0.3 is 19.1 Å². The van der Waals surface area contributed by atoms with Crippen LogP contribution in [0.2, 0.25) is 0 Å². The molecule has 8 nitrogen and oxygen atoms in total. The summed E-state index contributed by atoms with van der Waals surface area (Å²) in [5.41, 5.74) is 2.60. The Labute approximate surface area is 243 Å². The van der Waals surface area contributed by atoms with Crippen molar-refractivity contribution in [2.75, 3.05) is 6.61 Å². The normalized spacial score (nSPS) is 14.3. The average molecular weight is 585 g/mol. The number of hydrogen-bond donors (Lipinski definition) is 1. The fraction of sp³-hybridized carbons (Fsp3) is 0.188. The third-order valence-corrected chi connectivity index (χ3v) is 7.30. The lowest BCUT2D eigenvalue weighted by atomic mass is 10.0. The maximum Gasteiger partial charge on any atom is 0.335 e. The van der Waals surface area contributed by atoms with Gasteiger partial charge in [0.25, 0.3) is 5.88 Å². The fourth-order valence-corrected chi connectivity index (χ4v) is 4.85. The molecule has 0 aliphatic carbocycles. The molecule has 43 heavy (non-hydrogen) atoms. The summed E-state index contributed by atoms with van der Waals surface area (Å²) < 4.78 is 57.0. The zero-order valence-electron chi connectivity index (χ0n) is 22.6. The fourth-order valence-electron chi connectivity index (χ4n) is 4.85. The molecule has 1 atom stereocenters. The molecule has 0 spiro atoms. The average Bonchev–Trinajstić information content (AvgIpc) is 3.31. The summed E-state index contributed by atoms with van der Waals surface area (Å²) in [6.07, 6.45) is 0.965. The van der Waals surface area contributed by atoms with Crippen molar-refractivity contribution in [1.82, 2.24) is 14.5 Å². The molecule has 0 amide bonds. The van der Waals surface area contributed by atoms with Crippen LogP contribution < -0.4 is 4.74 Å². The van der Waals surface area contributed by atoms with Crippen LogP contribution in [0.5, 0.6) is 5.88 Å². The number of carboxylic acids is 1. The summed E-state index contributed by atoms with van der Waals surface area (Å²) in [6, 6.07) is 15.6. The molecule has 1 N–H and O–H groups in total. The molecule has 1 aliphatic rings. The van der Waals surface area contributed by atoms with E-state index in [2.05, 4.69) is 14.8 Å². The van der Waals surface area contributed by atoms with Crippen LogP contribution >= 0.6 is 0 Å². The SMILES string of the molecule is [C-]#[N+]c1ccc(COc2nc(-c3ccc(Cc4nc5ccc(C(=O)O)cc5n4C[C@@H]4CCO4)c(F)c3)ccc2F)c(F)c1. The van der Waals surface area contributed by atoms with Crippen molar-refractivity contribution < 1.29 is 32.5 Å². The number of nitrogens with zero attached hydrogens (tertiary/aromatic N) is 4. The number of ether oxygens (including phenoxy) is 2. The van der Waals surface area contributed by atoms with E-state index in [0.717, 1.165) is 18.6 Å². The highest BCUT2D eigenvalue weighted by Gasteiger charge is 2.23. The largest absolute Gasteiger partial charge is 0.478 e. The Hall–Kier alpha value is -5.21. The molecule has 1 saturated heterocycles. The van der Waals surface area contributed by atoms with Crippen molar-refractivity contribution in [3.8, 4) is 17.1 Å². The molecule has 5 aromatic rings. The number of carboxylic acid groups (broad SMARTS) is 1. The molecule has 11 heteroatoms. The van der Waals surface area contributed by atoms with Crippen molar-refractivity contribution in [3.05, 3.63) is 118 Å². The van der Waals surface area contributed by atoms with Gasteiger partial charge >= 0.3 is 5.97 Å². The van der Waals surface area contributed by atoms with Crippen LogP contribution in [0.15, 0.2) is 66.7 Å². The van der Waals surface area contributed by atoms with Gasteiger partial charge in [-0.3, -0.25) is 0 Å². The number of fused-ring (bicyclic) bond motifs is 1. The van der Waals surface area contributed by atoms with E-state index in [1.807, 2.05) is 4.57 Å². The molecule has 6 rings (SSSR count). The van der Waals surface area contributed by atoms with Crippen molar-refractivity contribution in [3.63, 3.8) is 0 Å². The Balaban J connectivity index is 1.25. The zero-order valence-corrected chi connectivity index (χ0v) is 22.6. The van der Waals surface area contributed by atoms with Gasteiger partial charge in [-0.2, -0.15) is 0 Å². The Kier molecular flexibility index (Phi) is 7.52. The van der Waals surface area contributed by atoms with Crippen LogP contribution in [0.3, 0.4) is 0 Å². The first-order valence-corrected chi connectivity index (χ1v) is 13.4. The monoisotopic (exact) mass is 584 g/mol. The van der Waals surface area contributed by atoms with Gasteiger partial charge in [0.2, 0.25) is 0 Å². The van der Waals surface area contributed by atoms with Gasteiger partial charge in [-0.1, -0.05) is 24.3 Å². The number of carbonyl (C=O) groups is 1. The Morgan fingerprint density at radius 2 is 1.79 bits per heavy atom. The topological polar surface area (TPSA) is 90.8 Å². The summed E-state index contributed by atoms with van der Waals surface area (Å²) >= 11 is 0. The van der Waals surface area contributed by atoms with E-state index in [4.69, 9.17) is 16.0 Å². The summed E-state index contributed by atoms with van der Waals surface area (Å²) in [7, 11) is 0. The van der Waals surface area contributed by atoms with Crippen LogP contribution in [0, 0.1) is 24.0 Å². The van der Waals surface area contributed by atoms with Gasteiger partial charge in [-0.15, -0.1) is 0 Å². The van der Waals surface area contributed by atoms with E-state index < -0.39 is 23.4 Å². The molecule has 1 fully saturated rings. The predicted molar refractivity (Wildman–Crippen MR) is 150 cm³/mol. The molecular weight excluding hydrogens is 561 g/mol. The number of rotatable bonds is 9. The van der Waals surface area contributed by atoms with Crippen LogP contribution in [0.1, 0.15) is 33.7 Å². The first-order chi connectivity index (χ1) is 20.8. The number of hydrogen-bond acceptors (Lipinski definition) is 5. The van der Waals surface area contributed by atoms with Crippen LogP contribution in [0.4, 0.5) is 18.9 Å². The minimum absolute atomic E-state index is 0.0348. The lowest BCUT2D eigenvalue weighted by molar-refractivity contribution is -0.0589. The first kappa shape index (κ1) is 27.9. The lowest BCUT2D eigenvalue weighted by Crippen LogP contribution is -2.31. The maximum atomic E-state index is 15.4. The third-order valence-electron chi connectivity index (χ3n) is 7.30. The van der Waals surface area contributed by atoms with E-state index in [1.165, 1.54) is 30.3 Å². The Morgan fingerprint density at radius 3 is 2.49 bits per heavy atom. The van der Waals surface area contributed by atoms with E-state index in [0.29, 0.717) is 41.1 Å². The smallest absolute Gasteiger partial charge is 0.335 e. The minimum Gasteiger partial charge on any atom is -0.478 e. The molecule has 0 radical (unpaired) electrons. The molecule has 0 saturated carbocycles. The van der Waals surface area contributed by atoms with Gasteiger partial charge in [0.1, 0.15) is 24.1 Å². The summed E-state index contributed by atoms with van der Waals surface area (Å²) in [4.78, 5) is 23.6. The highest BCUT2D eigenvalue weighted by atomic mass is 19.1. The quantitative estimate of drug-likeness (QED) is 0.194. The number of halogens is 3. The standard InChI is InChI=1S/C32H23F3N4O4/c1-36-22-6-4-21(26(35)15-22)17-43-31-24(33)7-9-27(38-31)19-3-2-18(25(34)12-19)14-30-37-28-8-5-20(32(40)41)13-29(28)39(30)16-23-10-11-42-23/h2-9,12-13,15,23H,10-11,14,16-17H2,(H,40,41)/t23-/m0/s1. The number of aromatic nitrogens is 3. The molecule has 3 heterocycles. The summed E-state index contributed by atoms with van der Waals surface area (Å²) in [5, 5.41) is 9.45. The van der Waals surface area contributed by atoms with Crippen LogP contribution in [0.25, 0.3) is 27.1 Å². The molecule has 1 aliphatic heterocycles. The molecule has 0 unspecified atom stereocenters. The number of benzene rings is 3. The summed E-state index contributed by atoms with van der Waals surface area (Å²) in [6.45, 7) is 7.77. The number of imidazole rings is 1. The van der Waals surface area contributed by atoms with E-state index >= 15 is 4.39 Å². The highest BCUT2D eigenvalue weighted by Crippen LogP contribution is 2.28. The molecule has 3 aromatic carbocycles. The van der Waals surface area contributed by atoms with Crippen LogP contribution in [-0.2, 0) is 24.3 Å². The highest BCUT2D eigenvalue weighted by molar-refractivity contribution is 5.92. The molecule has 0 bridgehead atoms. The second-order valence-electron chi connectivity index (χ2n) is 10.1. The van der Waals surface area contributed by atoms with Crippen molar-refractivity contribution in [2.24, 2.45) is 0 Å². The second kappa shape index (κ2) is 11.6. The third kappa shape index (κ3) is 5.78. The van der Waals surface area contributed by atoms with Gasteiger partial charge in [-0.25, -0.2) is 32.8 Å². The number of pyridine rings is 1. The van der Waals surface area contributed by atoms with Crippen LogP contribution in [-0.4, -0.2) is 38.3 Å². The van der Waals surface area contributed by atoms with Crippen molar-refractivity contribution in [1.29, 1.82) is 0 Å². The summed E-state index contributed by atoms with van der Waals surface area (Å²) in [5.74, 6) is -2.81. The Bertz CT molecular complexity index is 1910. The molecule has 216 valence electrons. The number of aromatic carboxylic acids is 1. The van der Waals surface area contributed by atoms with Crippen molar-refractivity contribution in [2.45, 2.75) is 32.1 Å². The van der Waals surface area contributed by atoms with Gasteiger partial charge in [0, 0.05) is 24.2 Å². The second-order valence-corrected chi connectivity index (χ2v) is 10.1. The molecule has 2 aromatic heterocycles. The van der Waals surface area contributed by atoms with Crippen molar-refractivity contribution >= 4 is 22.7 Å². The van der Waals surface area contributed by atoms with E-state index in [1.54, 1.807) is 24.3 Å². The first-order valence-electron chi connectivity index (χ1n) is 13.4. The Morgan fingerprint density at radius 1 is 1.00 bits per heavy atom. The van der Waals surface area contributed by atoms with Gasteiger partial charge in [-0.05, 0) is 54.4 Å². The van der Waals surface area contributed by atoms with E-state index in [-0.39, 0.29) is 47.5 Å². The lowest BCUT2D eigenvalue weighted by Gasteiger charge is -2.27. The minimum atomic E-state index is -1.05. The molecular formula is C32H23F3N4O4. The maximum absolute atomic E-state index is 15.4.